The van der Waals surface area contributed by atoms with Gasteiger partial charge in [-0.1, -0.05) is 12.1 Å². The summed E-state index contributed by atoms with van der Waals surface area (Å²) < 4.78 is 29.5. The van der Waals surface area contributed by atoms with Crippen LogP contribution < -0.4 is 14.2 Å². The maximum Gasteiger partial charge on any atom is 0.171 e. The predicted octanol–water partition coefficient (Wildman–Crippen LogP) is 3.23. The van der Waals surface area contributed by atoms with Crippen molar-refractivity contribution in [2.24, 2.45) is 0 Å². The molecule has 0 aliphatic rings. The van der Waals surface area contributed by atoms with Crippen LogP contribution in [0.25, 0.3) is 0 Å². The Kier molecular flexibility index (Phi) is 4.77. The van der Waals surface area contributed by atoms with Crippen LogP contribution in [0.5, 0.6) is 17.2 Å². The molecule has 0 atom stereocenters. The minimum Gasteiger partial charge on any atom is -0.497 e. The molecule has 2 aromatic carbocycles. The molecule has 5 heteroatoms. The van der Waals surface area contributed by atoms with E-state index in [0.717, 1.165) is 0 Å². The van der Waals surface area contributed by atoms with Crippen molar-refractivity contribution in [1.82, 2.24) is 0 Å². The molecule has 110 valence electrons. The first-order valence-electron chi connectivity index (χ1n) is 6.27. The third-order valence-corrected chi connectivity index (χ3v) is 2.99. The molecule has 0 heterocycles. The minimum atomic E-state index is -0.476. The smallest absolute Gasteiger partial charge is 0.171 e. The summed E-state index contributed by atoms with van der Waals surface area (Å²) in [7, 11) is 2.91. The molecule has 0 N–H and O–H groups in total. The maximum atomic E-state index is 14.0. The van der Waals surface area contributed by atoms with Gasteiger partial charge < -0.3 is 14.2 Å². The number of rotatable bonds is 6. The number of halogens is 1. The van der Waals surface area contributed by atoms with Gasteiger partial charge in [-0.05, 0) is 18.2 Å². The van der Waals surface area contributed by atoms with Crippen LogP contribution in [0.3, 0.4) is 0 Å². The average molecular weight is 290 g/mol. The van der Waals surface area contributed by atoms with Crippen molar-refractivity contribution in [3.8, 4) is 17.2 Å². The molecular weight excluding hydrogens is 275 g/mol. The van der Waals surface area contributed by atoms with Crippen LogP contribution >= 0.6 is 0 Å². The number of benzene rings is 2. The summed E-state index contributed by atoms with van der Waals surface area (Å²) in [6.45, 7) is -0.0168. The maximum absolute atomic E-state index is 14.0. The molecule has 2 rings (SSSR count). The lowest BCUT2D eigenvalue weighted by molar-refractivity contribution is 0.111. The van der Waals surface area contributed by atoms with E-state index in [1.165, 1.54) is 20.3 Å². The van der Waals surface area contributed by atoms with E-state index < -0.39 is 5.82 Å². The Morgan fingerprint density at radius 1 is 1.10 bits per heavy atom. The van der Waals surface area contributed by atoms with E-state index in [-0.39, 0.29) is 12.4 Å². The van der Waals surface area contributed by atoms with Gasteiger partial charge in [0.15, 0.2) is 17.9 Å². The number of carbonyl (C=O) groups is 1. The van der Waals surface area contributed by atoms with Gasteiger partial charge >= 0.3 is 0 Å². The quantitative estimate of drug-likeness (QED) is 0.766. The highest BCUT2D eigenvalue weighted by Crippen LogP contribution is 2.26. The molecule has 0 aliphatic carbocycles. The summed E-state index contributed by atoms with van der Waals surface area (Å²) in [5.41, 5.74) is 0.716. The molecule has 0 aliphatic heterocycles. The van der Waals surface area contributed by atoms with E-state index in [1.54, 1.807) is 30.3 Å². The molecule has 0 spiro atoms. The van der Waals surface area contributed by atoms with Crippen LogP contribution in [0.1, 0.15) is 15.9 Å². The van der Waals surface area contributed by atoms with Gasteiger partial charge in [0.05, 0.1) is 19.8 Å². The topological polar surface area (TPSA) is 44.8 Å². The van der Waals surface area contributed by atoms with Crippen molar-refractivity contribution in [2.75, 3.05) is 14.2 Å². The van der Waals surface area contributed by atoms with Gasteiger partial charge in [0.2, 0.25) is 0 Å². The third-order valence-electron chi connectivity index (χ3n) is 2.99. The number of methoxy groups -OCH3 is 2. The zero-order valence-corrected chi connectivity index (χ0v) is 11.8. The summed E-state index contributed by atoms with van der Waals surface area (Å²) in [5.74, 6) is 0.571. The summed E-state index contributed by atoms with van der Waals surface area (Å²) in [5, 5.41) is 0. The fourth-order valence-electron chi connectivity index (χ4n) is 1.84. The lowest BCUT2D eigenvalue weighted by Crippen LogP contribution is -2.02. The molecule has 0 saturated carbocycles. The van der Waals surface area contributed by atoms with Gasteiger partial charge in [-0.25, -0.2) is 4.39 Å². The SMILES string of the molecule is COc1ccc(C=O)c(OCc2cccc(OC)c2F)c1. The Bertz CT molecular complexity index is 640. The Hall–Kier alpha value is -2.56. The third kappa shape index (κ3) is 3.31. The van der Waals surface area contributed by atoms with Crippen LogP contribution in [-0.2, 0) is 6.61 Å². The monoisotopic (exact) mass is 290 g/mol. The van der Waals surface area contributed by atoms with Crippen molar-refractivity contribution in [1.29, 1.82) is 0 Å². The number of hydrogen-bond donors (Lipinski definition) is 0. The number of ether oxygens (including phenoxy) is 3. The highest BCUT2D eigenvalue weighted by atomic mass is 19.1. The summed E-state index contributed by atoms with van der Waals surface area (Å²) in [6.07, 6.45) is 0.677. The highest BCUT2D eigenvalue weighted by molar-refractivity contribution is 5.79. The zero-order chi connectivity index (χ0) is 15.2. The second-order valence-electron chi connectivity index (χ2n) is 4.24. The van der Waals surface area contributed by atoms with Crippen LogP contribution in [0.15, 0.2) is 36.4 Å². The average Bonchev–Trinajstić information content (AvgIpc) is 2.53. The summed E-state index contributed by atoms with van der Waals surface area (Å²) in [6, 6.07) is 9.63. The second kappa shape index (κ2) is 6.74. The molecule has 0 saturated heterocycles. The highest BCUT2D eigenvalue weighted by Gasteiger charge is 2.11. The second-order valence-corrected chi connectivity index (χ2v) is 4.24. The molecule has 0 fully saturated rings. The van der Waals surface area contributed by atoms with Gasteiger partial charge in [-0.3, -0.25) is 4.79 Å². The van der Waals surface area contributed by atoms with E-state index in [4.69, 9.17) is 14.2 Å². The molecule has 0 unspecified atom stereocenters. The first-order chi connectivity index (χ1) is 10.2. The standard InChI is InChI=1S/C16H15FO4/c1-19-13-7-6-11(9-18)15(8-13)21-10-12-4-3-5-14(20-2)16(12)17/h3-9H,10H2,1-2H3. The van der Waals surface area contributed by atoms with E-state index in [2.05, 4.69) is 0 Å². The molecule has 0 aromatic heterocycles. The lowest BCUT2D eigenvalue weighted by atomic mass is 10.2. The Morgan fingerprint density at radius 2 is 1.90 bits per heavy atom. The van der Waals surface area contributed by atoms with E-state index in [9.17, 15) is 9.18 Å². The Balaban J connectivity index is 2.21. The van der Waals surface area contributed by atoms with Crippen molar-refractivity contribution in [3.63, 3.8) is 0 Å². The van der Waals surface area contributed by atoms with Crippen molar-refractivity contribution in [2.45, 2.75) is 6.61 Å². The first-order valence-corrected chi connectivity index (χ1v) is 6.27. The van der Waals surface area contributed by atoms with Crippen LogP contribution in [0.2, 0.25) is 0 Å². The molecule has 0 bridgehead atoms. The van der Waals surface area contributed by atoms with Crippen LogP contribution in [0.4, 0.5) is 4.39 Å². The van der Waals surface area contributed by atoms with Crippen molar-refractivity contribution < 1.29 is 23.4 Å². The Labute approximate surface area is 122 Å². The predicted molar refractivity (Wildman–Crippen MR) is 75.7 cm³/mol. The lowest BCUT2D eigenvalue weighted by Gasteiger charge is -2.11. The molecule has 0 radical (unpaired) electrons. The van der Waals surface area contributed by atoms with E-state index in [1.807, 2.05) is 0 Å². The fourth-order valence-corrected chi connectivity index (χ4v) is 1.84. The van der Waals surface area contributed by atoms with Gasteiger partial charge in [-0.15, -0.1) is 0 Å². The van der Waals surface area contributed by atoms with Gasteiger partial charge in [0.1, 0.15) is 18.1 Å². The largest absolute Gasteiger partial charge is 0.497 e. The molecule has 2 aromatic rings. The van der Waals surface area contributed by atoms with E-state index in [0.29, 0.717) is 28.9 Å². The fraction of sp³-hybridized carbons (Fsp3) is 0.188. The number of aldehydes is 1. The zero-order valence-electron chi connectivity index (χ0n) is 11.8. The van der Waals surface area contributed by atoms with Crippen LogP contribution in [-0.4, -0.2) is 20.5 Å². The summed E-state index contributed by atoms with van der Waals surface area (Å²) >= 11 is 0. The molecule has 21 heavy (non-hydrogen) atoms. The summed E-state index contributed by atoms with van der Waals surface area (Å²) in [4.78, 5) is 11.0. The first kappa shape index (κ1) is 14.8. The minimum absolute atomic E-state index is 0.0168. The van der Waals surface area contributed by atoms with Crippen LogP contribution in [0, 0.1) is 5.82 Å². The van der Waals surface area contributed by atoms with Gasteiger partial charge in [0, 0.05) is 11.6 Å². The molecule has 4 nitrogen and oxygen atoms in total. The van der Waals surface area contributed by atoms with Crippen molar-refractivity contribution in [3.05, 3.63) is 53.3 Å². The Morgan fingerprint density at radius 3 is 2.57 bits per heavy atom. The normalized spacial score (nSPS) is 10.0. The van der Waals surface area contributed by atoms with Gasteiger partial charge in [0.25, 0.3) is 0 Å². The van der Waals surface area contributed by atoms with Crippen molar-refractivity contribution >= 4 is 6.29 Å². The number of hydrogen-bond acceptors (Lipinski definition) is 4. The van der Waals surface area contributed by atoms with E-state index >= 15 is 0 Å². The number of carbonyl (C=O) groups excluding carboxylic acids is 1. The van der Waals surface area contributed by atoms with Gasteiger partial charge in [-0.2, -0.15) is 0 Å². The molecular formula is C16H15FO4. The molecule has 0 amide bonds.